The minimum atomic E-state index is -0.831. The first-order valence-electron chi connectivity index (χ1n) is 8.70. The molecule has 1 aliphatic rings. The monoisotopic (exact) mass is 362 g/mol. The molecule has 1 aliphatic heterocycles. The van der Waals surface area contributed by atoms with Crippen LogP contribution in [0.2, 0.25) is 0 Å². The number of nitrogens with one attached hydrogen (secondary N) is 1. The summed E-state index contributed by atoms with van der Waals surface area (Å²) >= 11 is 0. The molecule has 0 bridgehead atoms. The summed E-state index contributed by atoms with van der Waals surface area (Å²) in [7, 11) is 1.63. The first-order chi connectivity index (χ1) is 12.5. The number of piperazine rings is 1. The molecule has 0 saturated carbocycles. The van der Waals surface area contributed by atoms with Crippen molar-refractivity contribution in [2.24, 2.45) is 5.73 Å². The third-order valence-corrected chi connectivity index (χ3v) is 4.43. The molecule has 1 fully saturated rings. The van der Waals surface area contributed by atoms with E-state index in [4.69, 9.17) is 10.5 Å². The van der Waals surface area contributed by atoms with Gasteiger partial charge in [0.05, 0.1) is 7.11 Å². The van der Waals surface area contributed by atoms with Gasteiger partial charge in [-0.25, -0.2) is 4.79 Å². The van der Waals surface area contributed by atoms with Gasteiger partial charge in [0.2, 0.25) is 11.8 Å². The van der Waals surface area contributed by atoms with Crippen LogP contribution in [0.4, 0.5) is 4.79 Å². The number of carbonyl (C=O) groups is 3. The zero-order valence-corrected chi connectivity index (χ0v) is 15.1. The molecule has 3 N–H and O–H groups in total. The van der Waals surface area contributed by atoms with Gasteiger partial charge in [0.25, 0.3) is 0 Å². The fourth-order valence-electron chi connectivity index (χ4n) is 2.88. The van der Waals surface area contributed by atoms with Gasteiger partial charge in [-0.1, -0.05) is 12.1 Å². The molecule has 2 rings (SSSR count). The summed E-state index contributed by atoms with van der Waals surface area (Å²) in [4.78, 5) is 38.3. The Labute approximate surface area is 153 Å². The van der Waals surface area contributed by atoms with E-state index >= 15 is 0 Å². The molecule has 1 aromatic rings. The lowest BCUT2D eigenvalue weighted by Crippen LogP contribution is -2.49. The molecule has 0 aromatic heterocycles. The summed E-state index contributed by atoms with van der Waals surface area (Å²) in [6, 6.07) is 6.91. The van der Waals surface area contributed by atoms with Gasteiger partial charge in [0.1, 0.15) is 5.75 Å². The van der Waals surface area contributed by atoms with Crippen molar-refractivity contribution in [1.82, 2.24) is 15.1 Å². The molecule has 1 heterocycles. The molecule has 142 valence electrons. The van der Waals surface area contributed by atoms with Crippen molar-refractivity contribution in [1.29, 1.82) is 0 Å². The SMILES string of the molecule is COc1ccc(CCC(=O)N2CCN(CCC(=O)NC(N)=O)CC2)cc1. The fourth-order valence-corrected chi connectivity index (χ4v) is 2.88. The Hall–Kier alpha value is -2.61. The number of nitrogens with two attached hydrogens (primary N) is 1. The Kier molecular flexibility index (Phi) is 7.40. The molecular weight excluding hydrogens is 336 g/mol. The Morgan fingerprint density at radius 3 is 2.31 bits per heavy atom. The van der Waals surface area contributed by atoms with Crippen molar-refractivity contribution in [3.8, 4) is 5.75 Å². The van der Waals surface area contributed by atoms with Gasteiger partial charge in [-0.3, -0.25) is 19.8 Å². The van der Waals surface area contributed by atoms with Gasteiger partial charge < -0.3 is 15.4 Å². The normalized spacial score (nSPS) is 14.7. The molecule has 1 saturated heterocycles. The average Bonchev–Trinajstić information content (AvgIpc) is 2.64. The Bertz CT molecular complexity index is 625. The number of ether oxygens (including phenoxy) is 1. The van der Waals surface area contributed by atoms with E-state index in [1.54, 1.807) is 7.11 Å². The van der Waals surface area contributed by atoms with Gasteiger partial charge in [-0.2, -0.15) is 0 Å². The summed E-state index contributed by atoms with van der Waals surface area (Å²) in [5, 5.41) is 2.05. The van der Waals surface area contributed by atoms with E-state index in [0.29, 0.717) is 32.5 Å². The number of benzene rings is 1. The van der Waals surface area contributed by atoms with Crippen LogP contribution in [0.3, 0.4) is 0 Å². The molecule has 0 radical (unpaired) electrons. The van der Waals surface area contributed by atoms with Crippen molar-refractivity contribution in [2.45, 2.75) is 19.3 Å². The molecule has 0 spiro atoms. The van der Waals surface area contributed by atoms with Crippen LogP contribution in [0.5, 0.6) is 5.75 Å². The molecule has 26 heavy (non-hydrogen) atoms. The van der Waals surface area contributed by atoms with Gasteiger partial charge in [0, 0.05) is 45.6 Å². The lowest BCUT2D eigenvalue weighted by Gasteiger charge is -2.34. The van der Waals surface area contributed by atoms with E-state index in [9.17, 15) is 14.4 Å². The second-order valence-electron chi connectivity index (χ2n) is 6.23. The van der Waals surface area contributed by atoms with Crippen molar-refractivity contribution in [2.75, 3.05) is 39.8 Å². The smallest absolute Gasteiger partial charge is 0.318 e. The number of primary amides is 1. The highest BCUT2D eigenvalue weighted by Crippen LogP contribution is 2.13. The zero-order chi connectivity index (χ0) is 18.9. The maximum Gasteiger partial charge on any atom is 0.318 e. The lowest BCUT2D eigenvalue weighted by atomic mass is 10.1. The van der Waals surface area contributed by atoms with Crippen LogP contribution in [0.15, 0.2) is 24.3 Å². The number of aryl methyl sites for hydroxylation is 1. The number of hydrogen-bond acceptors (Lipinski definition) is 5. The second kappa shape index (κ2) is 9.76. The Balaban J connectivity index is 1.67. The van der Waals surface area contributed by atoms with E-state index in [-0.39, 0.29) is 18.2 Å². The number of hydrogen-bond donors (Lipinski definition) is 2. The van der Waals surface area contributed by atoms with Crippen LogP contribution in [-0.4, -0.2) is 67.5 Å². The minimum absolute atomic E-state index is 0.145. The molecular formula is C18H26N4O4. The minimum Gasteiger partial charge on any atom is -0.497 e. The van der Waals surface area contributed by atoms with Gasteiger partial charge >= 0.3 is 6.03 Å². The van der Waals surface area contributed by atoms with Crippen molar-refractivity contribution >= 4 is 17.8 Å². The molecule has 1 aromatic carbocycles. The maximum atomic E-state index is 12.4. The van der Waals surface area contributed by atoms with Crippen molar-refractivity contribution < 1.29 is 19.1 Å². The summed E-state index contributed by atoms with van der Waals surface area (Å²) in [5.74, 6) is 0.572. The molecule has 0 aliphatic carbocycles. The van der Waals surface area contributed by atoms with E-state index in [0.717, 1.165) is 24.4 Å². The summed E-state index contributed by atoms with van der Waals surface area (Å²) in [5.41, 5.74) is 6.01. The van der Waals surface area contributed by atoms with Crippen LogP contribution in [0.1, 0.15) is 18.4 Å². The number of nitrogens with zero attached hydrogens (tertiary/aromatic N) is 2. The third-order valence-electron chi connectivity index (χ3n) is 4.43. The first kappa shape index (κ1) is 19.7. The van der Waals surface area contributed by atoms with Crippen LogP contribution in [-0.2, 0) is 16.0 Å². The average molecular weight is 362 g/mol. The molecule has 0 unspecified atom stereocenters. The highest BCUT2D eigenvalue weighted by molar-refractivity contribution is 5.93. The van der Waals surface area contributed by atoms with E-state index in [1.165, 1.54) is 0 Å². The number of carbonyl (C=O) groups excluding carboxylic acids is 3. The zero-order valence-electron chi connectivity index (χ0n) is 15.1. The molecule has 4 amide bonds. The predicted octanol–water partition coefficient (Wildman–Crippen LogP) is 0.357. The number of rotatable bonds is 7. The molecule has 8 nitrogen and oxygen atoms in total. The van der Waals surface area contributed by atoms with E-state index in [1.807, 2.05) is 34.5 Å². The summed E-state index contributed by atoms with van der Waals surface area (Å²) in [6.45, 7) is 3.29. The van der Waals surface area contributed by atoms with Crippen LogP contribution < -0.4 is 15.8 Å². The quantitative estimate of drug-likeness (QED) is 0.728. The predicted molar refractivity (Wildman–Crippen MR) is 96.7 cm³/mol. The highest BCUT2D eigenvalue weighted by atomic mass is 16.5. The van der Waals surface area contributed by atoms with E-state index < -0.39 is 6.03 Å². The number of amides is 4. The first-order valence-corrected chi connectivity index (χ1v) is 8.70. The van der Waals surface area contributed by atoms with E-state index in [2.05, 4.69) is 4.90 Å². The topological polar surface area (TPSA) is 105 Å². The number of urea groups is 1. The number of imide groups is 1. The van der Waals surface area contributed by atoms with Gasteiger partial charge in [-0.05, 0) is 24.1 Å². The van der Waals surface area contributed by atoms with Gasteiger partial charge in [0.15, 0.2) is 0 Å². The van der Waals surface area contributed by atoms with Crippen LogP contribution in [0.25, 0.3) is 0 Å². The standard InChI is InChI=1S/C18H26N4O4/c1-26-15-5-2-14(3-6-15)4-7-17(24)22-12-10-21(11-13-22)9-8-16(23)20-18(19)25/h2-3,5-6H,4,7-13H2,1H3,(H3,19,20,23,25). The lowest BCUT2D eigenvalue weighted by molar-refractivity contribution is -0.133. The summed E-state index contributed by atoms with van der Waals surface area (Å²) < 4.78 is 5.13. The van der Waals surface area contributed by atoms with Crippen molar-refractivity contribution in [3.05, 3.63) is 29.8 Å². The van der Waals surface area contributed by atoms with Crippen molar-refractivity contribution in [3.63, 3.8) is 0 Å². The molecule has 8 heteroatoms. The highest BCUT2D eigenvalue weighted by Gasteiger charge is 2.21. The number of methoxy groups -OCH3 is 1. The van der Waals surface area contributed by atoms with Crippen LogP contribution in [0, 0.1) is 0 Å². The second-order valence-corrected chi connectivity index (χ2v) is 6.23. The largest absolute Gasteiger partial charge is 0.497 e. The maximum absolute atomic E-state index is 12.4. The van der Waals surface area contributed by atoms with Gasteiger partial charge in [-0.15, -0.1) is 0 Å². The Morgan fingerprint density at radius 1 is 1.08 bits per heavy atom. The van der Waals surface area contributed by atoms with Crippen LogP contribution >= 0.6 is 0 Å². The Morgan fingerprint density at radius 2 is 1.73 bits per heavy atom. The molecule has 0 atom stereocenters. The summed E-state index contributed by atoms with van der Waals surface area (Å²) in [6.07, 6.45) is 1.40. The fraction of sp³-hybridized carbons (Fsp3) is 0.500. The third kappa shape index (κ3) is 6.36.